The van der Waals surface area contributed by atoms with E-state index >= 15 is 0 Å². The van der Waals surface area contributed by atoms with Crippen LogP contribution in [0.2, 0.25) is 0 Å². The van der Waals surface area contributed by atoms with Gasteiger partial charge in [0.25, 0.3) is 0 Å². The molecule has 1 saturated heterocycles. The number of nitrogens with zero attached hydrogens (tertiary/aromatic N) is 1. The van der Waals surface area contributed by atoms with E-state index in [2.05, 4.69) is 0 Å². The van der Waals surface area contributed by atoms with E-state index in [1.54, 1.807) is 26.0 Å². The van der Waals surface area contributed by atoms with Crippen LogP contribution in [-0.4, -0.2) is 36.9 Å². The Morgan fingerprint density at radius 3 is 2.55 bits per heavy atom. The summed E-state index contributed by atoms with van der Waals surface area (Å²) in [5, 5.41) is 9.20. The van der Waals surface area contributed by atoms with E-state index in [1.165, 1.54) is 4.31 Å². The number of carboxylic acids is 1. The fraction of sp³-hybridized carbons (Fsp3) is 0.500. The molecule has 6 heteroatoms. The molecule has 1 N–H and O–H groups in total. The molecule has 0 spiro atoms. The van der Waals surface area contributed by atoms with Crippen LogP contribution < -0.4 is 0 Å². The Kier molecular flexibility index (Phi) is 3.64. The van der Waals surface area contributed by atoms with Gasteiger partial charge in [-0.2, -0.15) is 4.31 Å². The molecule has 1 aliphatic rings. The van der Waals surface area contributed by atoms with E-state index < -0.39 is 21.4 Å². The van der Waals surface area contributed by atoms with Crippen LogP contribution in [0, 0.1) is 19.3 Å². The van der Waals surface area contributed by atoms with E-state index in [4.69, 9.17) is 0 Å². The predicted octanol–water partition coefficient (Wildman–Crippen LogP) is 1.79. The Morgan fingerprint density at radius 2 is 2.00 bits per heavy atom. The number of carbonyl (C=O) groups is 1. The third kappa shape index (κ3) is 2.45. The van der Waals surface area contributed by atoms with Gasteiger partial charge in [0, 0.05) is 13.1 Å². The van der Waals surface area contributed by atoms with E-state index in [9.17, 15) is 18.3 Å². The second-order valence-electron chi connectivity index (χ2n) is 5.72. The number of rotatable bonds is 3. The van der Waals surface area contributed by atoms with Crippen LogP contribution in [-0.2, 0) is 14.8 Å². The molecule has 0 aromatic heterocycles. The zero-order chi connectivity index (χ0) is 15.1. The minimum Gasteiger partial charge on any atom is -0.481 e. The lowest BCUT2D eigenvalue weighted by Crippen LogP contribution is -2.35. The van der Waals surface area contributed by atoms with Gasteiger partial charge >= 0.3 is 5.97 Å². The Hall–Kier alpha value is -1.40. The number of benzene rings is 1. The second kappa shape index (κ2) is 4.86. The summed E-state index contributed by atoms with van der Waals surface area (Å²) < 4.78 is 26.6. The molecule has 5 nitrogen and oxygen atoms in total. The van der Waals surface area contributed by atoms with Crippen molar-refractivity contribution >= 4 is 16.0 Å². The van der Waals surface area contributed by atoms with E-state index in [0.717, 1.165) is 5.56 Å². The van der Waals surface area contributed by atoms with Crippen molar-refractivity contribution in [2.45, 2.75) is 32.1 Å². The van der Waals surface area contributed by atoms with Gasteiger partial charge in [-0.3, -0.25) is 4.79 Å². The van der Waals surface area contributed by atoms with Crippen LogP contribution in [0.3, 0.4) is 0 Å². The number of aryl methyl sites for hydroxylation is 2. The molecule has 110 valence electrons. The lowest BCUT2D eigenvalue weighted by molar-refractivity contribution is -0.146. The summed E-state index contributed by atoms with van der Waals surface area (Å²) in [6.45, 7) is 5.45. The fourth-order valence-corrected chi connectivity index (χ4v) is 4.30. The van der Waals surface area contributed by atoms with Crippen molar-refractivity contribution in [2.24, 2.45) is 5.41 Å². The second-order valence-corrected chi connectivity index (χ2v) is 7.63. The third-order valence-corrected chi connectivity index (χ3v) is 5.90. The summed E-state index contributed by atoms with van der Waals surface area (Å²) in [5.74, 6) is -0.948. The minimum atomic E-state index is -3.63. The summed E-state index contributed by atoms with van der Waals surface area (Å²) in [7, 11) is -3.63. The Balaban J connectivity index is 2.38. The monoisotopic (exact) mass is 297 g/mol. The fourth-order valence-electron chi connectivity index (χ4n) is 2.42. The molecule has 1 aromatic carbocycles. The van der Waals surface area contributed by atoms with E-state index in [1.807, 2.05) is 13.0 Å². The summed E-state index contributed by atoms with van der Waals surface area (Å²) >= 11 is 0. The van der Waals surface area contributed by atoms with Crippen molar-refractivity contribution < 1.29 is 18.3 Å². The molecule has 0 radical (unpaired) electrons. The number of sulfonamides is 1. The van der Waals surface area contributed by atoms with E-state index in [0.29, 0.717) is 12.0 Å². The summed E-state index contributed by atoms with van der Waals surface area (Å²) in [4.78, 5) is 11.5. The van der Waals surface area contributed by atoms with Crippen LogP contribution in [0.5, 0.6) is 0 Å². The lowest BCUT2D eigenvalue weighted by atomic mass is 9.90. The maximum Gasteiger partial charge on any atom is 0.310 e. The first-order chi connectivity index (χ1) is 9.17. The van der Waals surface area contributed by atoms with Gasteiger partial charge in [0.2, 0.25) is 10.0 Å². The van der Waals surface area contributed by atoms with Crippen molar-refractivity contribution in [3.63, 3.8) is 0 Å². The molecule has 1 fully saturated rings. The van der Waals surface area contributed by atoms with Crippen LogP contribution in [0.15, 0.2) is 23.1 Å². The SMILES string of the molecule is Cc1ccc(C)c(S(=O)(=O)N2CCC(C)(C(=O)O)C2)c1. The van der Waals surface area contributed by atoms with Crippen LogP contribution >= 0.6 is 0 Å². The van der Waals surface area contributed by atoms with Crippen molar-refractivity contribution in [1.29, 1.82) is 0 Å². The van der Waals surface area contributed by atoms with Gasteiger partial charge in [-0.25, -0.2) is 8.42 Å². The highest BCUT2D eigenvalue weighted by Crippen LogP contribution is 2.34. The van der Waals surface area contributed by atoms with Gasteiger partial charge in [-0.15, -0.1) is 0 Å². The first-order valence-corrected chi connectivity index (χ1v) is 7.92. The van der Waals surface area contributed by atoms with Crippen molar-refractivity contribution in [2.75, 3.05) is 13.1 Å². The summed E-state index contributed by atoms with van der Waals surface area (Å²) in [6, 6.07) is 5.27. The lowest BCUT2D eigenvalue weighted by Gasteiger charge is -2.21. The Labute approximate surface area is 119 Å². The smallest absolute Gasteiger partial charge is 0.310 e. The first kappa shape index (κ1) is 15.0. The normalized spacial score (nSPS) is 23.9. The quantitative estimate of drug-likeness (QED) is 0.923. The van der Waals surface area contributed by atoms with Gasteiger partial charge in [0.1, 0.15) is 0 Å². The standard InChI is InChI=1S/C14H19NO4S/c1-10-4-5-11(2)12(8-10)20(18,19)15-7-6-14(3,9-15)13(16)17/h4-5,8H,6-7,9H2,1-3H3,(H,16,17). The molecule has 2 rings (SSSR count). The van der Waals surface area contributed by atoms with Gasteiger partial charge in [0.05, 0.1) is 10.3 Å². The Morgan fingerprint density at radius 1 is 1.35 bits per heavy atom. The van der Waals surface area contributed by atoms with E-state index in [-0.39, 0.29) is 18.0 Å². The highest BCUT2D eigenvalue weighted by Gasteiger charge is 2.45. The molecule has 1 unspecified atom stereocenters. The predicted molar refractivity (Wildman–Crippen MR) is 75.0 cm³/mol. The maximum absolute atomic E-state index is 12.7. The molecule has 0 aliphatic carbocycles. The molecule has 1 atom stereocenters. The highest BCUT2D eigenvalue weighted by molar-refractivity contribution is 7.89. The number of carboxylic acid groups (broad SMARTS) is 1. The largest absolute Gasteiger partial charge is 0.481 e. The third-order valence-electron chi connectivity index (χ3n) is 3.92. The van der Waals surface area contributed by atoms with Gasteiger partial charge in [-0.1, -0.05) is 12.1 Å². The number of aliphatic carboxylic acids is 1. The zero-order valence-electron chi connectivity index (χ0n) is 11.9. The molecular weight excluding hydrogens is 278 g/mol. The minimum absolute atomic E-state index is 0.0258. The average Bonchev–Trinajstić information content (AvgIpc) is 2.77. The van der Waals surface area contributed by atoms with Crippen LogP contribution in [0.1, 0.15) is 24.5 Å². The zero-order valence-corrected chi connectivity index (χ0v) is 12.7. The maximum atomic E-state index is 12.7. The summed E-state index contributed by atoms with van der Waals surface area (Å²) in [5.41, 5.74) is 0.555. The topological polar surface area (TPSA) is 74.7 Å². The van der Waals surface area contributed by atoms with Gasteiger partial charge in [-0.05, 0) is 44.4 Å². The van der Waals surface area contributed by atoms with Crippen molar-refractivity contribution in [3.05, 3.63) is 29.3 Å². The van der Waals surface area contributed by atoms with Gasteiger partial charge < -0.3 is 5.11 Å². The molecule has 0 amide bonds. The van der Waals surface area contributed by atoms with Crippen molar-refractivity contribution in [3.8, 4) is 0 Å². The van der Waals surface area contributed by atoms with Crippen molar-refractivity contribution in [1.82, 2.24) is 4.31 Å². The van der Waals surface area contributed by atoms with Crippen LogP contribution in [0.25, 0.3) is 0 Å². The molecule has 1 aromatic rings. The molecule has 20 heavy (non-hydrogen) atoms. The molecule has 0 bridgehead atoms. The Bertz CT molecular complexity index is 653. The molecule has 1 aliphatic heterocycles. The molecular formula is C14H19NO4S. The highest BCUT2D eigenvalue weighted by atomic mass is 32.2. The first-order valence-electron chi connectivity index (χ1n) is 6.48. The summed E-state index contributed by atoms with van der Waals surface area (Å²) in [6.07, 6.45) is 0.340. The number of hydrogen-bond donors (Lipinski definition) is 1. The number of hydrogen-bond acceptors (Lipinski definition) is 3. The molecule has 1 heterocycles. The van der Waals surface area contributed by atoms with Gasteiger partial charge in [0.15, 0.2) is 0 Å². The molecule has 0 saturated carbocycles. The average molecular weight is 297 g/mol. The van der Waals surface area contributed by atoms with Crippen LogP contribution in [0.4, 0.5) is 0 Å².